The zero-order chi connectivity index (χ0) is 15.2. The molecule has 1 saturated heterocycles. The minimum absolute atomic E-state index is 0.104. The van der Waals surface area contributed by atoms with Crippen LogP contribution in [-0.4, -0.2) is 50.2 Å². The number of ether oxygens (including phenoxy) is 1. The van der Waals surface area contributed by atoms with Crippen molar-refractivity contribution in [1.82, 2.24) is 10.2 Å². The van der Waals surface area contributed by atoms with Gasteiger partial charge in [0.25, 0.3) is 5.91 Å². The van der Waals surface area contributed by atoms with Gasteiger partial charge in [-0.2, -0.15) is 0 Å². The Kier molecular flexibility index (Phi) is 5.76. The van der Waals surface area contributed by atoms with Gasteiger partial charge in [0, 0.05) is 31.8 Å². The molecule has 1 unspecified atom stereocenters. The summed E-state index contributed by atoms with van der Waals surface area (Å²) in [6.45, 7) is 7.09. The Labute approximate surface area is 127 Å². The van der Waals surface area contributed by atoms with Crippen LogP contribution >= 0.6 is 0 Å². The molecule has 1 atom stereocenters. The molecule has 0 radical (unpaired) electrons. The maximum absolute atomic E-state index is 12.8. The fourth-order valence-electron chi connectivity index (χ4n) is 2.94. The highest BCUT2D eigenvalue weighted by Crippen LogP contribution is 2.14. The normalized spacial score (nSPS) is 18.0. The number of nitrogens with zero attached hydrogens (tertiary/aromatic N) is 1. The molecule has 0 aromatic heterocycles. The SMILES string of the molecule is COCCN(CC1CCCN1)C(=O)c1cc(C)cc(C)c1. The number of amides is 1. The Morgan fingerprint density at radius 2 is 2.05 bits per heavy atom. The molecule has 1 aliphatic heterocycles. The van der Waals surface area contributed by atoms with Crippen molar-refractivity contribution in [3.63, 3.8) is 0 Å². The maximum atomic E-state index is 12.8. The van der Waals surface area contributed by atoms with Crippen molar-refractivity contribution in [2.45, 2.75) is 32.7 Å². The highest BCUT2D eigenvalue weighted by atomic mass is 16.5. The quantitative estimate of drug-likeness (QED) is 0.873. The van der Waals surface area contributed by atoms with Gasteiger partial charge in [-0.3, -0.25) is 4.79 Å². The zero-order valence-corrected chi connectivity index (χ0v) is 13.3. The van der Waals surface area contributed by atoms with Crippen LogP contribution < -0.4 is 5.32 Å². The first kappa shape index (κ1) is 16.0. The lowest BCUT2D eigenvalue weighted by molar-refractivity contribution is 0.0679. The van der Waals surface area contributed by atoms with Gasteiger partial charge in [0.2, 0.25) is 0 Å². The first-order valence-corrected chi connectivity index (χ1v) is 7.70. The topological polar surface area (TPSA) is 41.6 Å². The van der Waals surface area contributed by atoms with E-state index in [4.69, 9.17) is 4.74 Å². The predicted molar refractivity (Wildman–Crippen MR) is 84.7 cm³/mol. The number of carbonyl (C=O) groups is 1. The van der Waals surface area contributed by atoms with Crippen LogP contribution in [0.2, 0.25) is 0 Å². The number of methoxy groups -OCH3 is 1. The monoisotopic (exact) mass is 290 g/mol. The van der Waals surface area contributed by atoms with E-state index in [1.54, 1.807) is 7.11 Å². The van der Waals surface area contributed by atoms with Crippen molar-refractivity contribution in [2.75, 3.05) is 33.4 Å². The van der Waals surface area contributed by atoms with E-state index >= 15 is 0 Å². The molecule has 1 heterocycles. The van der Waals surface area contributed by atoms with Crippen LogP contribution in [0.3, 0.4) is 0 Å². The largest absolute Gasteiger partial charge is 0.383 e. The second-order valence-electron chi connectivity index (χ2n) is 5.91. The Morgan fingerprint density at radius 1 is 1.33 bits per heavy atom. The highest BCUT2D eigenvalue weighted by molar-refractivity contribution is 5.94. The Morgan fingerprint density at radius 3 is 2.62 bits per heavy atom. The molecule has 1 aromatic rings. The molecule has 1 aliphatic rings. The van der Waals surface area contributed by atoms with Crippen LogP contribution in [0.15, 0.2) is 18.2 Å². The highest BCUT2D eigenvalue weighted by Gasteiger charge is 2.22. The number of rotatable bonds is 6. The van der Waals surface area contributed by atoms with Gasteiger partial charge in [0.1, 0.15) is 0 Å². The van der Waals surface area contributed by atoms with Crippen molar-refractivity contribution in [1.29, 1.82) is 0 Å². The number of benzene rings is 1. The summed E-state index contributed by atoms with van der Waals surface area (Å²) in [6, 6.07) is 6.44. The molecule has 1 fully saturated rings. The number of aryl methyl sites for hydroxylation is 2. The minimum atomic E-state index is 0.104. The summed E-state index contributed by atoms with van der Waals surface area (Å²) in [4.78, 5) is 14.7. The van der Waals surface area contributed by atoms with E-state index in [-0.39, 0.29) is 5.91 Å². The van der Waals surface area contributed by atoms with Crippen molar-refractivity contribution < 1.29 is 9.53 Å². The summed E-state index contributed by atoms with van der Waals surface area (Å²) in [6.07, 6.45) is 2.34. The second kappa shape index (κ2) is 7.57. The maximum Gasteiger partial charge on any atom is 0.254 e. The molecule has 4 heteroatoms. The summed E-state index contributed by atoms with van der Waals surface area (Å²) in [5.41, 5.74) is 3.04. The van der Waals surface area contributed by atoms with Crippen LogP contribution in [0, 0.1) is 13.8 Å². The molecular weight excluding hydrogens is 264 g/mol. The number of hydrogen-bond donors (Lipinski definition) is 1. The van der Waals surface area contributed by atoms with Gasteiger partial charge in [-0.05, 0) is 45.4 Å². The third kappa shape index (κ3) is 4.55. The number of carbonyl (C=O) groups excluding carboxylic acids is 1. The average molecular weight is 290 g/mol. The molecule has 1 amide bonds. The molecule has 2 rings (SSSR count). The Bertz CT molecular complexity index is 461. The minimum Gasteiger partial charge on any atom is -0.383 e. The standard InChI is InChI=1S/C17H26N2O2/c1-13-9-14(2)11-15(10-13)17(20)19(7-8-21-3)12-16-5-4-6-18-16/h9-11,16,18H,4-8,12H2,1-3H3. The summed E-state index contributed by atoms with van der Waals surface area (Å²) in [5.74, 6) is 0.104. The fourth-order valence-corrected chi connectivity index (χ4v) is 2.94. The van der Waals surface area contributed by atoms with E-state index in [1.165, 1.54) is 6.42 Å². The van der Waals surface area contributed by atoms with Crippen LogP contribution in [0.1, 0.15) is 34.3 Å². The van der Waals surface area contributed by atoms with Gasteiger partial charge in [0.15, 0.2) is 0 Å². The van der Waals surface area contributed by atoms with Crippen molar-refractivity contribution in [3.05, 3.63) is 34.9 Å². The van der Waals surface area contributed by atoms with Gasteiger partial charge < -0.3 is 15.0 Å². The molecule has 116 valence electrons. The summed E-state index contributed by atoms with van der Waals surface area (Å²) in [7, 11) is 1.67. The molecule has 4 nitrogen and oxygen atoms in total. The van der Waals surface area contributed by atoms with Gasteiger partial charge in [-0.1, -0.05) is 17.2 Å². The molecule has 1 aromatic carbocycles. The van der Waals surface area contributed by atoms with Crippen LogP contribution in [0.4, 0.5) is 0 Å². The third-order valence-corrected chi connectivity index (χ3v) is 3.92. The second-order valence-corrected chi connectivity index (χ2v) is 5.91. The average Bonchev–Trinajstić information content (AvgIpc) is 2.94. The Hall–Kier alpha value is -1.39. The van der Waals surface area contributed by atoms with E-state index < -0.39 is 0 Å². The lowest BCUT2D eigenvalue weighted by Gasteiger charge is -2.26. The van der Waals surface area contributed by atoms with Gasteiger partial charge in [-0.15, -0.1) is 0 Å². The summed E-state index contributed by atoms with van der Waals surface area (Å²) < 4.78 is 5.16. The summed E-state index contributed by atoms with van der Waals surface area (Å²) in [5, 5.41) is 3.46. The molecule has 0 spiro atoms. The molecule has 0 bridgehead atoms. The first-order valence-electron chi connectivity index (χ1n) is 7.70. The molecule has 21 heavy (non-hydrogen) atoms. The van der Waals surface area contributed by atoms with E-state index in [1.807, 2.05) is 30.9 Å². The smallest absolute Gasteiger partial charge is 0.254 e. The van der Waals surface area contributed by atoms with Crippen LogP contribution in [0.5, 0.6) is 0 Å². The van der Waals surface area contributed by atoms with Crippen LogP contribution in [0.25, 0.3) is 0 Å². The van der Waals surface area contributed by atoms with E-state index in [2.05, 4.69) is 11.4 Å². The van der Waals surface area contributed by atoms with Gasteiger partial charge in [0.05, 0.1) is 6.61 Å². The van der Waals surface area contributed by atoms with E-state index in [9.17, 15) is 4.79 Å². The van der Waals surface area contributed by atoms with Crippen molar-refractivity contribution in [2.24, 2.45) is 0 Å². The first-order chi connectivity index (χ1) is 10.1. The number of hydrogen-bond acceptors (Lipinski definition) is 3. The molecule has 0 saturated carbocycles. The summed E-state index contributed by atoms with van der Waals surface area (Å²) >= 11 is 0. The number of nitrogens with one attached hydrogen (secondary N) is 1. The van der Waals surface area contributed by atoms with Crippen molar-refractivity contribution >= 4 is 5.91 Å². The fraction of sp³-hybridized carbons (Fsp3) is 0.588. The van der Waals surface area contributed by atoms with Gasteiger partial charge >= 0.3 is 0 Å². The third-order valence-electron chi connectivity index (χ3n) is 3.92. The lowest BCUT2D eigenvalue weighted by Crippen LogP contribution is -2.42. The lowest BCUT2D eigenvalue weighted by atomic mass is 10.1. The van der Waals surface area contributed by atoms with E-state index in [0.29, 0.717) is 19.2 Å². The Balaban J connectivity index is 2.11. The molecule has 0 aliphatic carbocycles. The predicted octanol–water partition coefficient (Wildman–Crippen LogP) is 2.14. The van der Waals surface area contributed by atoms with E-state index in [0.717, 1.165) is 36.2 Å². The van der Waals surface area contributed by atoms with Crippen molar-refractivity contribution in [3.8, 4) is 0 Å². The molecule has 1 N–H and O–H groups in total. The zero-order valence-electron chi connectivity index (χ0n) is 13.3. The van der Waals surface area contributed by atoms with Gasteiger partial charge in [-0.25, -0.2) is 0 Å². The van der Waals surface area contributed by atoms with Crippen LogP contribution in [-0.2, 0) is 4.74 Å². The molecular formula is C17H26N2O2.